The van der Waals surface area contributed by atoms with Gasteiger partial charge in [0.15, 0.2) is 17.3 Å². The van der Waals surface area contributed by atoms with Crippen LogP contribution in [-0.4, -0.2) is 54.5 Å². The molecule has 3 aromatic rings. The highest BCUT2D eigenvalue weighted by Crippen LogP contribution is 2.30. The average molecular weight is 455 g/mol. The number of halogens is 2. The molecule has 0 saturated heterocycles. The number of anilines is 3. The number of aromatic nitrogens is 4. The second kappa shape index (κ2) is 8.67. The van der Waals surface area contributed by atoms with Gasteiger partial charge in [-0.3, -0.25) is 14.7 Å². The van der Waals surface area contributed by atoms with Gasteiger partial charge < -0.3 is 10.1 Å². The Morgan fingerprint density at radius 3 is 2.68 bits per heavy atom. The smallest absolute Gasteiger partial charge is 0.325 e. The van der Waals surface area contributed by atoms with Crippen molar-refractivity contribution in [1.29, 1.82) is 0 Å². The zero-order valence-corrected chi connectivity index (χ0v) is 17.5. The van der Waals surface area contributed by atoms with Crippen LogP contribution in [0, 0.1) is 11.6 Å². The van der Waals surface area contributed by atoms with Crippen LogP contribution in [0.25, 0.3) is 11.0 Å². The molecule has 3 N–H and O–H groups in total. The van der Waals surface area contributed by atoms with E-state index in [1.54, 1.807) is 6.92 Å². The number of aromatic amines is 1. The molecular weight excluding hydrogens is 436 g/mol. The molecule has 0 unspecified atom stereocenters. The first-order chi connectivity index (χ1) is 14.7. The van der Waals surface area contributed by atoms with E-state index in [9.17, 15) is 22.0 Å². The Morgan fingerprint density at radius 1 is 1.26 bits per heavy atom. The number of ether oxygens (including phenoxy) is 1. The fourth-order valence-corrected chi connectivity index (χ4v) is 4.00. The van der Waals surface area contributed by atoms with Crippen molar-refractivity contribution < 1.29 is 26.7 Å². The topological polar surface area (TPSA) is 142 Å². The van der Waals surface area contributed by atoms with Gasteiger partial charge in [-0.2, -0.15) is 0 Å². The summed E-state index contributed by atoms with van der Waals surface area (Å²) in [6.07, 6.45) is 1.46. The number of carbonyl (C=O) groups excluding carboxylic acids is 1. The van der Waals surface area contributed by atoms with Gasteiger partial charge in [0.2, 0.25) is 15.9 Å². The Kier molecular flexibility index (Phi) is 6.19. The molecule has 2 aromatic heterocycles. The van der Waals surface area contributed by atoms with Crippen LogP contribution in [0.15, 0.2) is 18.5 Å². The Hall–Kier alpha value is -3.55. The van der Waals surface area contributed by atoms with Gasteiger partial charge >= 0.3 is 6.03 Å². The van der Waals surface area contributed by atoms with E-state index in [-0.39, 0.29) is 28.5 Å². The van der Waals surface area contributed by atoms with Crippen molar-refractivity contribution in [2.75, 3.05) is 34.8 Å². The minimum atomic E-state index is -3.82. The monoisotopic (exact) mass is 455 g/mol. The maximum Gasteiger partial charge on any atom is 0.325 e. The molecule has 0 saturated carbocycles. The summed E-state index contributed by atoms with van der Waals surface area (Å²) in [6, 6.07) is 0.802. The summed E-state index contributed by atoms with van der Waals surface area (Å²) in [5, 5.41) is 11.1. The summed E-state index contributed by atoms with van der Waals surface area (Å²) in [5.41, 5.74) is -0.964. The number of hydrogen-bond donors (Lipinski definition) is 3. The lowest BCUT2D eigenvalue weighted by Crippen LogP contribution is -2.30. The number of H-pyrrole nitrogens is 1. The van der Waals surface area contributed by atoms with E-state index in [1.807, 2.05) is 5.32 Å². The highest BCUT2D eigenvalue weighted by atomic mass is 32.2. The molecule has 2 heterocycles. The second-order valence-electron chi connectivity index (χ2n) is 6.30. The van der Waals surface area contributed by atoms with Crippen LogP contribution in [-0.2, 0) is 10.0 Å². The lowest BCUT2D eigenvalue weighted by molar-refractivity contribution is 0.262. The fraction of sp³-hybridized carbons (Fsp3) is 0.294. The normalized spacial score (nSPS) is 11.4. The third kappa shape index (κ3) is 4.33. The van der Waals surface area contributed by atoms with E-state index in [1.165, 1.54) is 7.11 Å². The van der Waals surface area contributed by atoms with E-state index >= 15 is 0 Å². The number of nitrogens with one attached hydrogen (secondary N) is 3. The first-order valence-corrected chi connectivity index (χ1v) is 10.6. The van der Waals surface area contributed by atoms with Crippen molar-refractivity contribution in [1.82, 2.24) is 20.2 Å². The van der Waals surface area contributed by atoms with Crippen molar-refractivity contribution in [3.8, 4) is 5.88 Å². The van der Waals surface area contributed by atoms with E-state index in [0.29, 0.717) is 10.7 Å². The SMILES string of the molecule is CCCS(=O)(=O)N(C)c1ccc(F)c(NC(=O)Nc2ncnc3[nH]nc(OC)c23)c1F. The summed E-state index contributed by atoms with van der Waals surface area (Å²) in [6.45, 7) is 1.66. The highest BCUT2D eigenvalue weighted by molar-refractivity contribution is 7.92. The predicted octanol–water partition coefficient (Wildman–Crippen LogP) is 2.46. The van der Waals surface area contributed by atoms with Gasteiger partial charge in [0, 0.05) is 7.05 Å². The van der Waals surface area contributed by atoms with Gasteiger partial charge in [0.05, 0.1) is 18.6 Å². The van der Waals surface area contributed by atoms with Crippen molar-refractivity contribution in [3.63, 3.8) is 0 Å². The standard InChI is InChI=1S/C17H19F2N7O4S/c1-4-7-31(28,29)26(2)10-6-5-9(18)13(12(10)19)22-17(27)23-14-11-15(21-8-20-14)24-25-16(11)30-3/h5-6,8H,4,7H2,1-3H3,(H3,20,21,22,23,24,25,27). The number of carbonyl (C=O) groups is 1. The Morgan fingerprint density at radius 2 is 2.00 bits per heavy atom. The maximum absolute atomic E-state index is 14.9. The van der Waals surface area contributed by atoms with Crippen molar-refractivity contribution in [3.05, 3.63) is 30.1 Å². The molecule has 31 heavy (non-hydrogen) atoms. The number of urea groups is 1. The number of benzene rings is 1. The average Bonchev–Trinajstić information content (AvgIpc) is 3.15. The Labute approximate surface area is 175 Å². The molecule has 0 bridgehead atoms. The van der Waals surface area contributed by atoms with Gasteiger partial charge in [0.1, 0.15) is 23.2 Å². The van der Waals surface area contributed by atoms with E-state index in [0.717, 1.165) is 25.5 Å². The largest absolute Gasteiger partial charge is 0.479 e. The highest BCUT2D eigenvalue weighted by Gasteiger charge is 2.25. The summed E-state index contributed by atoms with van der Waals surface area (Å²) < 4.78 is 59.4. The third-order valence-corrected chi connectivity index (χ3v) is 6.23. The molecular formula is C17H19F2N7O4S. The van der Waals surface area contributed by atoms with Gasteiger partial charge in [-0.15, -0.1) is 5.10 Å². The molecule has 0 aliphatic heterocycles. The molecule has 0 fully saturated rings. The number of nitrogens with zero attached hydrogens (tertiary/aromatic N) is 4. The molecule has 0 spiro atoms. The van der Waals surface area contributed by atoms with Gasteiger partial charge in [0.25, 0.3) is 0 Å². The van der Waals surface area contributed by atoms with Gasteiger partial charge in [-0.05, 0) is 18.6 Å². The molecule has 2 amide bonds. The van der Waals surface area contributed by atoms with Crippen molar-refractivity contribution in [2.45, 2.75) is 13.3 Å². The molecule has 1 aromatic carbocycles. The summed E-state index contributed by atoms with van der Waals surface area (Å²) in [7, 11) is -1.32. The molecule has 14 heteroatoms. The summed E-state index contributed by atoms with van der Waals surface area (Å²) in [4.78, 5) is 20.3. The minimum Gasteiger partial charge on any atom is -0.479 e. The lowest BCUT2D eigenvalue weighted by atomic mass is 10.2. The van der Waals surface area contributed by atoms with Crippen LogP contribution in [0.1, 0.15) is 13.3 Å². The number of sulfonamides is 1. The second-order valence-corrected chi connectivity index (χ2v) is 8.42. The van der Waals surface area contributed by atoms with E-state index < -0.39 is 39.1 Å². The lowest BCUT2D eigenvalue weighted by Gasteiger charge is -2.21. The maximum atomic E-state index is 14.9. The van der Waals surface area contributed by atoms with Gasteiger partial charge in [-0.25, -0.2) is 32.0 Å². The first kappa shape index (κ1) is 22.1. The van der Waals surface area contributed by atoms with E-state index in [4.69, 9.17) is 4.74 Å². The molecule has 166 valence electrons. The molecule has 3 rings (SSSR count). The third-order valence-electron chi connectivity index (χ3n) is 4.28. The van der Waals surface area contributed by atoms with Crippen molar-refractivity contribution in [2.24, 2.45) is 0 Å². The molecule has 0 aliphatic rings. The first-order valence-electron chi connectivity index (χ1n) is 8.95. The number of rotatable bonds is 7. The zero-order chi connectivity index (χ0) is 22.8. The quantitative estimate of drug-likeness (QED) is 0.497. The van der Waals surface area contributed by atoms with Crippen molar-refractivity contribution >= 4 is 44.3 Å². The number of hydrogen-bond acceptors (Lipinski definition) is 7. The van der Waals surface area contributed by atoms with Crippen LogP contribution in [0.4, 0.5) is 30.8 Å². The van der Waals surface area contributed by atoms with Crippen LogP contribution < -0.4 is 19.7 Å². The number of amides is 2. The van der Waals surface area contributed by atoms with Gasteiger partial charge in [-0.1, -0.05) is 6.92 Å². The number of fused-ring (bicyclic) bond motifs is 1. The summed E-state index contributed by atoms with van der Waals surface area (Å²) in [5.74, 6) is -2.47. The molecule has 11 nitrogen and oxygen atoms in total. The molecule has 0 aliphatic carbocycles. The molecule has 0 atom stereocenters. The van der Waals surface area contributed by atoms with Crippen LogP contribution >= 0.6 is 0 Å². The number of methoxy groups -OCH3 is 1. The zero-order valence-electron chi connectivity index (χ0n) is 16.7. The minimum absolute atomic E-state index is 0.0206. The fourth-order valence-electron chi connectivity index (χ4n) is 2.77. The van der Waals surface area contributed by atoms with Crippen LogP contribution in [0.5, 0.6) is 5.88 Å². The summed E-state index contributed by atoms with van der Waals surface area (Å²) >= 11 is 0. The van der Waals surface area contributed by atoms with Crippen LogP contribution in [0.3, 0.4) is 0 Å². The molecule has 0 radical (unpaired) electrons. The van der Waals surface area contributed by atoms with Crippen LogP contribution in [0.2, 0.25) is 0 Å². The predicted molar refractivity (Wildman–Crippen MR) is 110 cm³/mol. The van der Waals surface area contributed by atoms with E-state index in [2.05, 4.69) is 25.5 Å². The Bertz CT molecular complexity index is 1230. The Balaban J connectivity index is 1.90.